The lowest BCUT2D eigenvalue weighted by Crippen LogP contribution is -2.45. The molecule has 2 aromatic rings. The molecule has 2 N–H and O–H groups in total. The Balaban J connectivity index is 1.41. The van der Waals surface area contributed by atoms with E-state index in [0.29, 0.717) is 6.54 Å². The number of nitrogens with zero attached hydrogens (tertiary/aromatic N) is 3. The van der Waals surface area contributed by atoms with Crippen molar-refractivity contribution in [3.8, 4) is 0 Å². The van der Waals surface area contributed by atoms with Crippen LogP contribution in [-0.4, -0.2) is 57.0 Å². The van der Waals surface area contributed by atoms with E-state index in [1.807, 2.05) is 6.20 Å². The molecule has 6 nitrogen and oxygen atoms in total. The van der Waals surface area contributed by atoms with Crippen LogP contribution in [0.15, 0.2) is 36.7 Å². The zero-order valence-corrected chi connectivity index (χ0v) is 15.9. The van der Waals surface area contributed by atoms with Crippen LogP contribution in [0.2, 0.25) is 0 Å². The highest BCUT2D eigenvalue weighted by Crippen LogP contribution is 2.45. The van der Waals surface area contributed by atoms with Crippen LogP contribution in [-0.2, 0) is 17.9 Å². The van der Waals surface area contributed by atoms with E-state index in [9.17, 15) is 9.90 Å². The van der Waals surface area contributed by atoms with Crippen LogP contribution in [0.25, 0.3) is 0 Å². The summed E-state index contributed by atoms with van der Waals surface area (Å²) in [6.45, 7) is 7.14. The maximum absolute atomic E-state index is 12.0. The van der Waals surface area contributed by atoms with E-state index in [-0.39, 0.29) is 11.3 Å². The normalized spacial score (nSPS) is 23.1. The standard InChI is InChI=1S/C21H28N4O2/c1-16-2-4-17(5-3-16)12-25-13-18(20(26)27)21(15-25)6-10-24(11-7-21)14-19-22-8-9-23-19/h2-5,8-9,18H,6-7,10-15H2,1H3,(H,22,23)(H,26,27). The SMILES string of the molecule is Cc1ccc(CN2CC(C(=O)O)C3(CCN(Cc4ncc[nH]4)CC3)C2)cc1. The highest BCUT2D eigenvalue weighted by Gasteiger charge is 2.51. The number of carbonyl (C=O) groups is 1. The van der Waals surface area contributed by atoms with Crippen LogP contribution in [0.3, 0.4) is 0 Å². The molecule has 2 saturated heterocycles. The number of imidazole rings is 1. The van der Waals surface area contributed by atoms with Gasteiger partial charge in [-0.1, -0.05) is 29.8 Å². The number of H-pyrrole nitrogens is 1. The molecule has 0 saturated carbocycles. The first-order valence-corrected chi connectivity index (χ1v) is 9.75. The minimum atomic E-state index is -0.638. The number of nitrogens with one attached hydrogen (secondary N) is 1. The van der Waals surface area contributed by atoms with Crippen LogP contribution in [0.5, 0.6) is 0 Å². The Kier molecular flexibility index (Phi) is 5.02. The van der Waals surface area contributed by atoms with Gasteiger partial charge in [-0.05, 0) is 38.4 Å². The first-order valence-electron chi connectivity index (χ1n) is 9.75. The molecule has 1 atom stereocenters. The maximum atomic E-state index is 12.0. The summed E-state index contributed by atoms with van der Waals surface area (Å²) in [5, 5.41) is 9.87. The molecular weight excluding hydrogens is 340 g/mol. The number of rotatable bonds is 5. The van der Waals surface area contributed by atoms with Crippen molar-refractivity contribution in [2.24, 2.45) is 11.3 Å². The Bertz CT molecular complexity index is 764. The fourth-order valence-electron chi connectivity index (χ4n) is 4.74. The molecule has 2 fully saturated rings. The molecule has 1 aromatic heterocycles. The van der Waals surface area contributed by atoms with Gasteiger partial charge in [0, 0.05) is 37.4 Å². The second-order valence-corrected chi connectivity index (χ2v) is 8.22. The lowest BCUT2D eigenvalue weighted by atomic mass is 9.71. The lowest BCUT2D eigenvalue weighted by molar-refractivity contribution is -0.146. The Morgan fingerprint density at radius 2 is 1.96 bits per heavy atom. The minimum Gasteiger partial charge on any atom is -0.481 e. The van der Waals surface area contributed by atoms with E-state index >= 15 is 0 Å². The van der Waals surface area contributed by atoms with Crippen molar-refractivity contribution in [1.82, 2.24) is 19.8 Å². The van der Waals surface area contributed by atoms with Gasteiger partial charge in [-0.25, -0.2) is 4.98 Å². The molecule has 27 heavy (non-hydrogen) atoms. The summed E-state index contributed by atoms with van der Waals surface area (Å²) in [6, 6.07) is 8.57. The van der Waals surface area contributed by atoms with Gasteiger partial charge < -0.3 is 10.1 Å². The monoisotopic (exact) mass is 368 g/mol. The summed E-state index contributed by atoms with van der Waals surface area (Å²) in [7, 11) is 0. The van der Waals surface area contributed by atoms with E-state index in [1.165, 1.54) is 11.1 Å². The summed E-state index contributed by atoms with van der Waals surface area (Å²) in [4.78, 5) is 24.2. The Hall–Kier alpha value is -2.18. The van der Waals surface area contributed by atoms with Crippen LogP contribution >= 0.6 is 0 Å². The highest BCUT2D eigenvalue weighted by atomic mass is 16.4. The number of aliphatic carboxylic acids is 1. The fraction of sp³-hybridized carbons (Fsp3) is 0.524. The molecule has 144 valence electrons. The molecule has 0 bridgehead atoms. The third-order valence-corrected chi connectivity index (χ3v) is 6.32. The van der Waals surface area contributed by atoms with E-state index in [0.717, 1.165) is 51.4 Å². The van der Waals surface area contributed by atoms with Crippen LogP contribution in [0.1, 0.15) is 29.8 Å². The second-order valence-electron chi connectivity index (χ2n) is 8.22. The smallest absolute Gasteiger partial charge is 0.308 e. The highest BCUT2D eigenvalue weighted by molar-refractivity contribution is 5.72. The number of likely N-dealkylation sites (tertiary alicyclic amines) is 2. The summed E-state index contributed by atoms with van der Waals surface area (Å²) >= 11 is 0. The molecule has 2 aliphatic rings. The summed E-state index contributed by atoms with van der Waals surface area (Å²) in [6.07, 6.45) is 5.51. The maximum Gasteiger partial charge on any atom is 0.308 e. The minimum absolute atomic E-state index is 0.101. The molecule has 0 aliphatic carbocycles. The van der Waals surface area contributed by atoms with E-state index < -0.39 is 5.97 Å². The van der Waals surface area contributed by atoms with Crippen LogP contribution < -0.4 is 0 Å². The molecule has 2 aliphatic heterocycles. The molecule has 1 spiro atoms. The first-order chi connectivity index (χ1) is 13.0. The van der Waals surface area contributed by atoms with Crippen LogP contribution in [0, 0.1) is 18.3 Å². The first kappa shape index (κ1) is 18.2. The van der Waals surface area contributed by atoms with Crippen LogP contribution in [0.4, 0.5) is 0 Å². The average Bonchev–Trinajstić information content (AvgIpc) is 3.27. The van der Waals surface area contributed by atoms with Crippen molar-refractivity contribution in [1.29, 1.82) is 0 Å². The summed E-state index contributed by atoms with van der Waals surface area (Å²) in [5.41, 5.74) is 2.41. The van der Waals surface area contributed by atoms with Gasteiger partial charge >= 0.3 is 5.97 Å². The van der Waals surface area contributed by atoms with Gasteiger partial charge in [0.1, 0.15) is 5.82 Å². The van der Waals surface area contributed by atoms with Crippen molar-refractivity contribution < 1.29 is 9.90 Å². The number of carboxylic acid groups (broad SMARTS) is 1. The number of benzene rings is 1. The van der Waals surface area contributed by atoms with Crippen molar-refractivity contribution in [2.75, 3.05) is 26.2 Å². The van der Waals surface area contributed by atoms with Gasteiger partial charge in [0.2, 0.25) is 0 Å². The number of hydrogen-bond acceptors (Lipinski definition) is 4. The van der Waals surface area contributed by atoms with Crippen molar-refractivity contribution in [3.63, 3.8) is 0 Å². The van der Waals surface area contributed by atoms with Gasteiger partial charge in [-0.2, -0.15) is 0 Å². The Morgan fingerprint density at radius 1 is 1.22 bits per heavy atom. The third kappa shape index (κ3) is 3.92. The molecule has 1 aromatic carbocycles. The largest absolute Gasteiger partial charge is 0.481 e. The summed E-state index contributed by atoms with van der Waals surface area (Å²) in [5.74, 6) is 0.0720. The molecular formula is C21H28N4O2. The molecule has 1 unspecified atom stereocenters. The fourth-order valence-corrected chi connectivity index (χ4v) is 4.74. The Labute approximate surface area is 160 Å². The third-order valence-electron chi connectivity index (χ3n) is 6.32. The number of hydrogen-bond donors (Lipinski definition) is 2. The Morgan fingerprint density at radius 3 is 2.59 bits per heavy atom. The van der Waals surface area contributed by atoms with E-state index in [2.05, 4.69) is 51.0 Å². The topological polar surface area (TPSA) is 72.5 Å². The van der Waals surface area contributed by atoms with Crippen molar-refractivity contribution in [3.05, 3.63) is 53.6 Å². The number of aromatic amines is 1. The average molecular weight is 368 g/mol. The van der Waals surface area contributed by atoms with Crippen molar-refractivity contribution in [2.45, 2.75) is 32.9 Å². The van der Waals surface area contributed by atoms with Gasteiger partial charge in [0.05, 0.1) is 12.5 Å². The quantitative estimate of drug-likeness (QED) is 0.848. The van der Waals surface area contributed by atoms with Gasteiger partial charge in [0.25, 0.3) is 0 Å². The number of carboxylic acids is 1. The molecule has 4 rings (SSSR count). The zero-order valence-electron chi connectivity index (χ0n) is 15.9. The molecule has 3 heterocycles. The predicted octanol–water partition coefficient (Wildman–Crippen LogP) is 2.52. The predicted molar refractivity (Wildman–Crippen MR) is 103 cm³/mol. The van der Waals surface area contributed by atoms with Gasteiger partial charge in [0.15, 0.2) is 0 Å². The number of aromatic nitrogens is 2. The van der Waals surface area contributed by atoms with E-state index in [1.54, 1.807) is 6.20 Å². The van der Waals surface area contributed by atoms with Gasteiger partial charge in [-0.3, -0.25) is 14.6 Å². The summed E-state index contributed by atoms with van der Waals surface area (Å²) < 4.78 is 0. The number of aryl methyl sites for hydroxylation is 1. The number of piperidine rings is 1. The van der Waals surface area contributed by atoms with E-state index in [4.69, 9.17) is 0 Å². The molecule has 0 radical (unpaired) electrons. The molecule has 6 heteroatoms. The lowest BCUT2D eigenvalue weighted by Gasteiger charge is -2.41. The second kappa shape index (κ2) is 7.44. The van der Waals surface area contributed by atoms with Crippen molar-refractivity contribution >= 4 is 5.97 Å². The molecule has 0 amide bonds. The van der Waals surface area contributed by atoms with Gasteiger partial charge in [-0.15, -0.1) is 0 Å². The zero-order chi connectivity index (χ0) is 18.9.